The maximum atomic E-state index is 12.3. The zero-order valence-corrected chi connectivity index (χ0v) is 17.1. The van der Waals surface area contributed by atoms with E-state index in [-0.39, 0.29) is 25.6 Å². The van der Waals surface area contributed by atoms with Crippen LogP contribution in [-0.4, -0.2) is 48.3 Å². The number of likely N-dealkylation sites (N-methyl/N-ethyl adjacent to an activating group) is 1. The van der Waals surface area contributed by atoms with Crippen LogP contribution in [0.3, 0.4) is 0 Å². The van der Waals surface area contributed by atoms with Gasteiger partial charge in [-0.15, -0.1) is 0 Å². The summed E-state index contributed by atoms with van der Waals surface area (Å²) in [5.74, 6) is 0.235. The first-order valence-electron chi connectivity index (χ1n) is 8.42. The van der Waals surface area contributed by atoms with Crippen LogP contribution in [0.1, 0.15) is 6.92 Å². The Labute approximate surface area is 173 Å². The highest BCUT2D eigenvalue weighted by molar-refractivity contribution is 6.39. The number of hydrogen-bond acceptors (Lipinski definition) is 4. The van der Waals surface area contributed by atoms with Gasteiger partial charge in [0.2, 0.25) is 5.91 Å². The summed E-state index contributed by atoms with van der Waals surface area (Å²) >= 11 is 18.1. The molecule has 8 heteroatoms. The number of nitrogens with zero attached hydrogens (tertiary/aromatic N) is 1. The number of halogens is 3. The Hall–Kier alpha value is -1.50. The smallest absolute Gasteiger partial charge is 0.238 e. The summed E-state index contributed by atoms with van der Waals surface area (Å²) in [5.41, 5.74) is 0.379. The van der Waals surface area contributed by atoms with E-state index >= 15 is 0 Å². The standard InChI is InChI=1S/C19H21Cl3N2O3/c1-2-24(10-13(25)12-27-17-9-4-3-6-14(17)20)11-18(26)23-19-15(21)7-5-8-16(19)22/h3-9,13,25H,2,10-12H2,1H3,(H,23,26). The molecule has 27 heavy (non-hydrogen) atoms. The molecular formula is C19H21Cl3N2O3. The van der Waals surface area contributed by atoms with Crippen molar-refractivity contribution in [3.05, 3.63) is 57.5 Å². The first kappa shape index (κ1) is 21.8. The topological polar surface area (TPSA) is 61.8 Å². The minimum atomic E-state index is -0.780. The Kier molecular flexibility index (Phi) is 8.67. The third kappa shape index (κ3) is 6.87. The van der Waals surface area contributed by atoms with Crippen molar-refractivity contribution in [3.8, 4) is 5.75 Å². The van der Waals surface area contributed by atoms with Gasteiger partial charge in [0.1, 0.15) is 18.5 Å². The second-order valence-corrected chi connectivity index (χ2v) is 7.09. The minimum absolute atomic E-state index is 0.0677. The summed E-state index contributed by atoms with van der Waals surface area (Å²) in [6, 6.07) is 12.0. The molecule has 1 amide bonds. The summed E-state index contributed by atoms with van der Waals surface area (Å²) in [5, 5.41) is 14.1. The molecule has 0 aromatic heterocycles. The highest BCUT2D eigenvalue weighted by Crippen LogP contribution is 2.29. The van der Waals surface area contributed by atoms with Gasteiger partial charge >= 0.3 is 0 Å². The molecule has 0 aliphatic heterocycles. The lowest BCUT2D eigenvalue weighted by Gasteiger charge is -2.23. The molecular weight excluding hydrogens is 411 g/mol. The fraction of sp³-hybridized carbons (Fsp3) is 0.316. The van der Waals surface area contributed by atoms with E-state index in [9.17, 15) is 9.90 Å². The summed E-state index contributed by atoms with van der Waals surface area (Å²) in [4.78, 5) is 14.1. The van der Waals surface area contributed by atoms with E-state index < -0.39 is 6.10 Å². The van der Waals surface area contributed by atoms with Gasteiger partial charge in [-0.25, -0.2) is 0 Å². The molecule has 0 bridgehead atoms. The molecule has 0 spiro atoms. The maximum Gasteiger partial charge on any atom is 0.238 e. The van der Waals surface area contributed by atoms with Crippen LogP contribution in [0, 0.1) is 0 Å². The van der Waals surface area contributed by atoms with E-state index in [4.69, 9.17) is 39.5 Å². The van der Waals surface area contributed by atoms with Gasteiger partial charge in [-0.2, -0.15) is 0 Å². The van der Waals surface area contributed by atoms with Crippen molar-refractivity contribution in [2.75, 3.05) is 31.6 Å². The monoisotopic (exact) mass is 430 g/mol. The molecule has 1 unspecified atom stereocenters. The number of hydrogen-bond donors (Lipinski definition) is 2. The Morgan fingerprint density at radius 3 is 2.37 bits per heavy atom. The minimum Gasteiger partial charge on any atom is -0.489 e. The van der Waals surface area contributed by atoms with Gasteiger partial charge in [-0.1, -0.05) is 59.9 Å². The molecule has 5 nitrogen and oxygen atoms in total. The Morgan fingerprint density at radius 2 is 1.74 bits per heavy atom. The van der Waals surface area contributed by atoms with Gasteiger partial charge in [-0.3, -0.25) is 9.69 Å². The van der Waals surface area contributed by atoms with E-state index in [1.165, 1.54) is 0 Å². The highest BCUT2D eigenvalue weighted by Gasteiger charge is 2.16. The molecule has 0 radical (unpaired) electrons. The predicted molar refractivity (Wildman–Crippen MR) is 110 cm³/mol. The number of para-hydroxylation sites is 2. The average molecular weight is 432 g/mol. The van der Waals surface area contributed by atoms with Crippen LogP contribution in [0.25, 0.3) is 0 Å². The van der Waals surface area contributed by atoms with E-state index in [0.717, 1.165) is 0 Å². The number of ether oxygens (including phenoxy) is 1. The zero-order chi connectivity index (χ0) is 19.8. The molecule has 2 N–H and O–H groups in total. The van der Waals surface area contributed by atoms with Gasteiger partial charge in [-0.05, 0) is 30.8 Å². The first-order valence-corrected chi connectivity index (χ1v) is 9.55. The molecule has 0 heterocycles. The zero-order valence-electron chi connectivity index (χ0n) is 14.8. The summed E-state index contributed by atoms with van der Waals surface area (Å²) in [6.45, 7) is 2.90. The van der Waals surface area contributed by atoms with Crippen LogP contribution in [0.4, 0.5) is 5.69 Å². The molecule has 146 valence electrons. The third-order valence-corrected chi connectivity index (χ3v) is 4.72. The lowest BCUT2D eigenvalue weighted by Crippen LogP contribution is -2.40. The average Bonchev–Trinajstić information content (AvgIpc) is 2.63. The molecule has 2 rings (SSSR count). The van der Waals surface area contributed by atoms with E-state index in [0.29, 0.717) is 33.0 Å². The molecule has 0 aliphatic rings. The van der Waals surface area contributed by atoms with Crippen molar-refractivity contribution < 1.29 is 14.6 Å². The Morgan fingerprint density at radius 1 is 1.11 bits per heavy atom. The quantitative estimate of drug-likeness (QED) is 0.620. The first-order chi connectivity index (χ1) is 12.9. The van der Waals surface area contributed by atoms with Crippen molar-refractivity contribution in [1.29, 1.82) is 0 Å². The largest absolute Gasteiger partial charge is 0.489 e. The Bertz CT molecular complexity index is 753. The van der Waals surface area contributed by atoms with Crippen molar-refractivity contribution in [2.45, 2.75) is 13.0 Å². The van der Waals surface area contributed by atoms with Crippen molar-refractivity contribution >= 4 is 46.4 Å². The van der Waals surface area contributed by atoms with Crippen molar-refractivity contribution in [2.24, 2.45) is 0 Å². The highest BCUT2D eigenvalue weighted by atomic mass is 35.5. The van der Waals surface area contributed by atoms with Crippen LogP contribution in [0.2, 0.25) is 15.1 Å². The molecule has 1 atom stereocenters. The van der Waals surface area contributed by atoms with Gasteiger partial charge < -0.3 is 15.2 Å². The normalized spacial score (nSPS) is 12.1. The van der Waals surface area contributed by atoms with Crippen LogP contribution in [0.15, 0.2) is 42.5 Å². The van der Waals surface area contributed by atoms with E-state index in [1.54, 1.807) is 47.4 Å². The second-order valence-electron chi connectivity index (χ2n) is 5.87. The predicted octanol–water partition coefficient (Wildman–Crippen LogP) is 4.35. The van der Waals surface area contributed by atoms with Crippen LogP contribution >= 0.6 is 34.8 Å². The molecule has 0 saturated heterocycles. The second kappa shape index (κ2) is 10.7. The van der Waals surface area contributed by atoms with Crippen LogP contribution in [-0.2, 0) is 4.79 Å². The number of carbonyl (C=O) groups excluding carboxylic acids is 1. The van der Waals surface area contributed by atoms with Crippen molar-refractivity contribution in [1.82, 2.24) is 4.90 Å². The third-order valence-electron chi connectivity index (χ3n) is 3.78. The lowest BCUT2D eigenvalue weighted by atomic mass is 10.3. The fourth-order valence-electron chi connectivity index (χ4n) is 2.40. The number of nitrogens with one attached hydrogen (secondary N) is 1. The van der Waals surface area contributed by atoms with Gasteiger partial charge in [0.15, 0.2) is 0 Å². The molecule has 0 fully saturated rings. The molecule has 2 aromatic rings. The van der Waals surface area contributed by atoms with E-state index in [1.807, 2.05) is 6.92 Å². The molecule has 0 aliphatic carbocycles. The number of anilines is 1. The van der Waals surface area contributed by atoms with Crippen LogP contribution < -0.4 is 10.1 Å². The van der Waals surface area contributed by atoms with Gasteiger partial charge in [0.25, 0.3) is 0 Å². The number of aliphatic hydroxyl groups excluding tert-OH is 1. The van der Waals surface area contributed by atoms with Gasteiger partial charge in [0, 0.05) is 6.54 Å². The summed E-state index contributed by atoms with van der Waals surface area (Å²) in [7, 11) is 0. The fourth-order valence-corrected chi connectivity index (χ4v) is 3.09. The maximum absolute atomic E-state index is 12.3. The number of amides is 1. The molecule has 2 aromatic carbocycles. The molecule has 0 saturated carbocycles. The van der Waals surface area contributed by atoms with Crippen LogP contribution in [0.5, 0.6) is 5.75 Å². The number of benzene rings is 2. The van der Waals surface area contributed by atoms with E-state index in [2.05, 4.69) is 5.32 Å². The number of rotatable bonds is 9. The SMILES string of the molecule is CCN(CC(=O)Nc1c(Cl)cccc1Cl)CC(O)COc1ccccc1Cl. The van der Waals surface area contributed by atoms with Gasteiger partial charge in [0.05, 0.1) is 27.3 Å². The summed E-state index contributed by atoms with van der Waals surface area (Å²) in [6.07, 6.45) is -0.780. The Balaban J connectivity index is 1.85. The number of carbonyl (C=O) groups is 1. The van der Waals surface area contributed by atoms with Crippen molar-refractivity contribution in [3.63, 3.8) is 0 Å². The summed E-state index contributed by atoms with van der Waals surface area (Å²) < 4.78 is 5.53. The lowest BCUT2D eigenvalue weighted by molar-refractivity contribution is -0.117. The number of aliphatic hydroxyl groups is 1.